The van der Waals surface area contributed by atoms with E-state index in [1.165, 1.54) is 11.2 Å². The molecule has 156 valence electrons. The number of hydrogen-bond donors (Lipinski definition) is 3. The van der Waals surface area contributed by atoms with Gasteiger partial charge in [0.2, 0.25) is 0 Å². The van der Waals surface area contributed by atoms with Crippen molar-refractivity contribution >= 4 is 41.8 Å². The van der Waals surface area contributed by atoms with Crippen LogP contribution in [0.1, 0.15) is 40.3 Å². The number of carbonyl (C=O) groups is 2. The monoisotopic (exact) mass is 512 g/mol. The van der Waals surface area contributed by atoms with Crippen molar-refractivity contribution in [2.75, 3.05) is 26.2 Å². The first-order valence-electron chi connectivity index (χ1n) is 9.18. The number of guanidine groups is 1. The number of carbonyl (C=O) groups excluding carboxylic acids is 2. The van der Waals surface area contributed by atoms with Gasteiger partial charge in [-0.2, -0.15) is 0 Å². The molecular weight excluding hydrogens is 487 g/mol. The Bertz CT molecular complexity index is 845. The number of nitrogens with one attached hydrogen (secondary N) is 2. The number of halogens is 1. The molecule has 8 nitrogen and oxygen atoms in total. The van der Waals surface area contributed by atoms with Crippen molar-refractivity contribution < 1.29 is 19.1 Å². The molecule has 1 atom stereocenters. The molecular formula is C20H25IN4O4. The van der Waals surface area contributed by atoms with Crippen LogP contribution in [0.4, 0.5) is 0 Å². The van der Waals surface area contributed by atoms with Crippen molar-refractivity contribution in [2.24, 2.45) is 4.99 Å². The number of rotatable bonds is 7. The average molecular weight is 512 g/mol. The lowest BCUT2D eigenvalue weighted by Crippen LogP contribution is -2.43. The summed E-state index contributed by atoms with van der Waals surface area (Å²) in [5.74, 6) is 0.333. The zero-order valence-corrected chi connectivity index (χ0v) is 18.7. The van der Waals surface area contributed by atoms with Crippen molar-refractivity contribution in [1.29, 1.82) is 0 Å². The zero-order valence-electron chi connectivity index (χ0n) is 16.3. The first-order valence-corrected chi connectivity index (χ1v) is 9.18. The Hall–Kier alpha value is -2.40. The molecule has 3 N–H and O–H groups in total. The molecule has 1 aromatic heterocycles. The molecule has 0 saturated carbocycles. The first kappa shape index (κ1) is 22.9. The minimum Gasteiger partial charge on any atom is -0.466 e. The van der Waals surface area contributed by atoms with E-state index in [9.17, 15) is 14.7 Å². The smallest absolute Gasteiger partial charge is 0.261 e. The van der Waals surface area contributed by atoms with Gasteiger partial charge in [-0.25, -0.2) is 4.99 Å². The molecule has 2 amide bonds. The van der Waals surface area contributed by atoms with Gasteiger partial charge in [0.25, 0.3) is 11.8 Å². The molecule has 9 heteroatoms. The predicted octanol–water partition coefficient (Wildman–Crippen LogP) is 1.96. The lowest BCUT2D eigenvalue weighted by molar-refractivity contribution is 0.0437. The molecule has 29 heavy (non-hydrogen) atoms. The molecule has 1 aliphatic heterocycles. The molecule has 0 radical (unpaired) electrons. The molecule has 0 aliphatic carbocycles. The summed E-state index contributed by atoms with van der Waals surface area (Å²) in [6, 6.07) is 10.2. The number of fused-ring (bicyclic) bond motifs is 1. The van der Waals surface area contributed by atoms with Crippen molar-refractivity contribution in [2.45, 2.75) is 19.4 Å². The van der Waals surface area contributed by atoms with Crippen LogP contribution in [0.25, 0.3) is 0 Å². The Balaban J connectivity index is 0.00000300. The molecule has 3 rings (SSSR count). The molecule has 2 heterocycles. The van der Waals surface area contributed by atoms with E-state index in [0.29, 0.717) is 35.9 Å². The highest BCUT2D eigenvalue weighted by Gasteiger charge is 2.34. The summed E-state index contributed by atoms with van der Waals surface area (Å²) in [5, 5.41) is 16.7. The van der Waals surface area contributed by atoms with E-state index < -0.39 is 5.60 Å². The number of hydrogen-bond acceptors (Lipinski definition) is 5. The summed E-state index contributed by atoms with van der Waals surface area (Å²) < 4.78 is 5.25. The minimum atomic E-state index is -1.24. The van der Waals surface area contributed by atoms with Crippen molar-refractivity contribution in [3.63, 3.8) is 0 Å². The van der Waals surface area contributed by atoms with Gasteiger partial charge >= 0.3 is 0 Å². The Morgan fingerprint density at radius 2 is 1.79 bits per heavy atom. The van der Waals surface area contributed by atoms with Crippen molar-refractivity contribution in [3.8, 4) is 0 Å². The Morgan fingerprint density at radius 3 is 2.34 bits per heavy atom. The fraction of sp³-hybridized carbons (Fsp3) is 0.350. The molecule has 0 saturated heterocycles. The number of nitrogens with zero attached hydrogens (tertiary/aromatic N) is 2. The second kappa shape index (κ2) is 9.88. The summed E-state index contributed by atoms with van der Waals surface area (Å²) in [6.45, 7) is 4.81. The van der Waals surface area contributed by atoms with Crippen molar-refractivity contribution in [3.05, 3.63) is 59.5 Å². The summed E-state index contributed by atoms with van der Waals surface area (Å²) in [5.41, 5.74) is -0.376. The van der Waals surface area contributed by atoms with Crippen LogP contribution in [0.2, 0.25) is 0 Å². The lowest BCUT2D eigenvalue weighted by atomic mass is 10.0. The molecule has 1 aliphatic rings. The highest BCUT2D eigenvalue weighted by Crippen LogP contribution is 2.22. The van der Waals surface area contributed by atoms with Gasteiger partial charge in [-0.15, -0.1) is 24.0 Å². The average Bonchev–Trinajstić information content (AvgIpc) is 3.31. The second-order valence-corrected chi connectivity index (χ2v) is 6.68. The number of amides is 2. The molecule has 1 unspecified atom stereocenters. The number of imide groups is 1. The molecule has 0 fully saturated rings. The van der Waals surface area contributed by atoms with Crippen LogP contribution in [0.15, 0.2) is 52.1 Å². The maximum atomic E-state index is 12.4. The van der Waals surface area contributed by atoms with Gasteiger partial charge in [-0.05, 0) is 38.1 Å². The van der Waals surface area contributed by atoms with E-state index in [0.717, 1.165) is 0 Å². The van der Waals surface area contributed by atoms with Crippen LogP contribution in [-0.4, -0.2) is 54.0 Å². The molecule has 0 spiro atoms. The van der Waals surface area contributed by atoms with Gasteiger partial charge in [0.05, 0.1) is 23.9 Å². The van der Waals surface area contributed by atoms with Gasteiger partial charge in [0.1, 0.15) is 11.4 Å². The maximum absolute atomic E-state index is 12.4. The van der Waals surface area contributed by atoms with Crippen LogP contribution in [-0.2, 0) is 5.60 Å². The summed E-state index contributed by atoms with van der Waals surface area (Å²) >= 11 is 0. The van der Waals surface area contributed by atoms with Gasteiger partial charge < -0.3 is 20.2 Å². The fourth-order valence-corrected chi connectivity index (χ4v) is 2.97. The predicted molar refractivity (Wildman–Crippen MR) is 119 cm³/mol. The SMILES string of the molecule is CCNC(=NCC(C)(O)c1ccco1)NCCN1C(=O)c2ccccc2C1=O.I. The number of benzene rings is 1. The van der Waals surface area contributed by atoms with Crippen LogP contribution in [0, 0.1) is 0 Å². The number of aliphatic hydroxyl groups is 1. The largest absolute Gasteiger partial charge is 0.466 e. The van der Waals surface area contributed by atoms with E-state index >= 15 is 0 Å². The number of aliphatic imine (C=N–C) groups is 1. The van der Waals surface area contributed by atoms with Crippen LogP contribution < -0.4 is 10.6 Å². The lowest BCUT2D eigenvalue weighted by Gasteiger charge is -2.20. The van der Waals surface area contributed by atoms with E-state index in [4.69, 9.17) is 4.42 Å². The van der Waals surface area contributed by atoms with Gasteiger partial charge in [0, 0.05) is 19.6 Å². The Kier molecular flexibility index (Phi) is 7.80. The third-order valence-electron chi connectivity index (χ3n) is 4.45. The zero-order chi connectivity index (χ0) is 20.1. The summed E-state index contributed by atoms with van der Waals surface area (Å²) in [7, 11) is 0. The van der Waals surface area contributed by atoms with E-state index in [-0.39, 0.29) is 48.9 Å². The van der Waals surface area contributed by atoms with Crippen molar-refractivity contribution in [1.82, 2.24) is 15.5 Å². The maximum Gasteiger partial charge on any atom is 0.261 e. The highest BCUT2D eigenvalue weighted by atomic mass is 127. The van der Waals surface area contributed by atoms with Gasteiger partial charge in [0.15, 0.2) is 5.96 Å². The van der Waals surface area contributed by atoms with Gasteiger partial charge in [-0.1, -0.05) is 12.1 Å². The molecule has 2 aromatic rings. The van der Waals surface area contributed by atoms with E-state index in [1.54, 1.807) is 43.3 Å². The van der Waals surface area contributed by atoms with Gasteiger partial charge in [-0.3, -0.25) is 14.5 Å². The minimum absolute atomic E-state index is 0. The number of furan rings is 1. The van der Waals surface area contributed by atoms with E-state index in [1.807, 2.05) is 6.92 Å². The highest BCUT2D eigenvalue weighted by molar-refractivity contribution is 14.0. The summed E-state index contributed by atoms with van der Waals surface area (Å²) in [6.07, 6.45) is 1.50. The standard InChI is InChI=1S/C20H24N4O4.HI/c1-3-21-19(23-13-20(2,27)16-9-6-12-28-16)22-10-11-24-17(25)14-7-4-5-8-15(14)18(24)26;/h4-9,12,27H,3,10-11,13H2,1-2H3,(H2,21,22,23);1H. The second-order valence-electron chi connectivity index (χ2n) is 6.68. The molecule has 0 bridgehead atoms. The van der Waals surface area contributed by atoms with Crippen LogP contribution in [0.3, 0.4) is 0 Å². The fourth-order valence-electron chi connectivity index (χ4n) is 2.97. The van der Waals surface area contributed by atoms with E-state index in [2.05, 4.69) is 15.6 Å². The first-order chi connectivity index (χ1) is 13.4. The normalized spacial score (nSPS) is 15.6. The quantitative estimate of drug-likeness (QED) is 0.227. The third kappa shape index (κ3) is 5.15. The third-order valence-corrected chi connectivity index (χ3v) is 4.45. The van der Waals surface area contributed by atoms with Crippen LogP contribution >= 0.6 is 24.0 Å². The Labute approximate surface area is 186 Å². The topological polar surface area (TPSA) is 107 Å². The Morgan fingerprint density at radius 1 is 1.14 bits per heavy atom. The van der Waals surface area contributed by atoms with Crippen LogP contribution in [0.5, 0.6) is 0 Å². The summed E-state index contributed by atoms with van der Waals surface area (Å²) in [4.78, 5) is 30.4. The molecule has 1 aromatic carbocycles.